The van der Waals surface area contributed by atoms with Gasteiger partial charge in [-0.3, -0.25) is 0 Å². The molecule has 0 saturated heterocycles. The van der Waals surface area contributed by atoms with Crippen molar-refractivity contribution in [2.75, 3.05) is 0 Å². The van der Waals surface area contributed by atoms with Crippen molar-refractivity contribution in [2.24, 2.45) is 0 Å². The number of unbranched alkanes of at least 4 members (excludes halogenated alkanes) is 18. The summed E-state index contributed by atoms with van der Waals surface area (Å²) < 4.78 is 3.25. The summed E-state index contributed by atoms with van der Waals surface area (Å²) in [5.74, 6) is -1.82. The monoisotopic (exact) mass is 680 g/mol. The molecule has 38 heavy (non-hydrogen) atoms. The van der Waals surface area contributed by atoms with Crippen LogP contribution in [-0.4, -0.2) is 33.1 Å². The Kier molecular flexibility index (Phi) is 53.2. The quantitative estimate of drug-likeness (QED) is 0.0679. The first kappa shape index (κ1) is 45.4. The van der Waals surface area contributed by atoms with E-state index in [4.69, 9.17) is 0 Å². The van der Waals surface area contributed by atoms with Gasteiger partial charge in [-0.1, -0.05) is 117 Å². The molecule has 0 aromatic heterocycles. The van der Waals surface area contributed by atoms with Crippen molar-refractivity contribution in [1.82, 2.24) is 0 Å². The van der Waals surface area contributed by atoms with Crippen molar-refractivity contribution in [1.29, 1.82) is 0 Å². The molecule has 0 aliphatic rings. The van der Waals surface area contributed by atoms with Crippen LogP contribution >= 0.6 is 0 Å². The molecule has 0 spiro atoms. The zero-order valence-electron chi connectivity index (χ0n) is 26.0. The van der Waals surface area contributed by atoms with Crippen LogP contribution in [0.25, 0.3) is 0 Å². The molecule has 0 radical (unpaired) electrons. The van der Waals surface area contributed by atoms with Crippen LogP contribution in [0.2, 0.25) is 8.87 Å². The van der Waals surface area contributed by atoms with Gasteiger partial charge in [0.1, 0.15) is 0 Å². The number of hydrogen-bond donors (Lipinski definition) is 0. The van der Waals surface area contributed by atoms with Gasteiger partial charge in [-0.25, -0.2) is 0 Å². The molecule has 0 amide bonds. The van der Waals surface area contributed by atoms with Gasteiger partial charge < -0.3 is 19.8 Å². The number of aliphatic carboxylic acids is 2. The van der Waals surface area contributed by atoms with Crippen LogP contribution in [0.3, 0.4) is 0 Å². The average Bonchev–Trinajstić information content (AvgIpc) is 2.87. The Labute approximate surface area is 263 Å². The second kappa shape index (κ2) is 44.5. The molecule has 4 nitrogen and oxygen atoms in total. The first-order valence-electron chi connectivity index (χ1n) is 16.1. The molecule has 0 N–H and O–H groups in total. The standard InChI is InChI=1S/2C12H24O2.2C4H9.Sn.Ti/c2*1-2-3-4-5-6-7-8-9-10-11-12(13)14;2*1-3-4-2;;/h2*2-11H2,1H3,(H,13,14);2*1,3-4H2,2H3;;/q;;;;+2;+4/p-2. The molecule has 0 heterocycles. The van der Waals surface area contributed by atoms with E-state index in [-0.39, 0.29) is 55.7 Å². The third-order valence-electron chi connectivity index (χ3n) is 6.38. The Morgan fingerprint density at radius 3 is 0.895 bits per heavy atom. The van der Waals surface area contributed by atoms with Gasteiger partial charge in [0.2, 0.25) is 0 Å². The van der Waals surface area contributed by atoms with Gasteiger partial charge in [0, 0.05) is 11.9 Å². The Bertz CT molecular complexity index is 398. The van der Waals surface area contributed by atoms with E-state index in [2.05, 4.69) is 27.7 Å². The van der Waals surface area contributed by atoms with Crippen molar-refractivity contribution >= 4 is 33.1 Å². The molecule has 0 rings (SSSR count). The van der Waals surface area contributed by atoms with E-state index >= 15 is 0 Å². The van der Waals surface area contributed by atoms with Gasteiger partial charge in [0.25, 0.3) is 0 Å². The summed E-state index contributed by atoms with van der Waals surface area (Å²) in [5, 5.41) is 20.2. The number of carbonyl (C=O) groups is 2. The summed E-state index contributed by atoms with van der Waals surface area (Å²) in [7, 11) is 0. The van der Waals surface area contributed by atoms with Crippen LogP contribution in [-0.2, 0) is 31.3 Å². The smallest absolute Gasteiger partial charge is 4.00 e. The Morgan fingerprint density at radius 1 is 0.421 bits per heavy atom. The molecule has 6 heteroatoms. The molecule has 0 bridgehead atoms. The maximum Gasteiger partial charge on any atom is 4.00 e. The number of hydrogen-bond acceptors (Lipinski definition) is 4. The fourth-order valence-corrected chi connectivity index (χ4v) is 8.05. The van der Waals surface area contributed by atoms with E-state index in [9.17, 15) is 19.8 Å². The third-order valence-corrected chi connectivity index (χ3v) is 10.4. The minimum atomic E-state index is -0.909. The van der Waals surface area contributed by atoms with Crippen LogP contribution in [0, 0.1) is 0 Å². The van der Waals surface area contributed by atoms with Gasteiger partial charge in [-0.2, -0.15) is 0 Å². The van der Waals surface area contributed by atoms with Crippen LogP contribution < -0.4 is 10.2 Å². The van der Waals surface area contributed by atoms with Crippen molar-refractivity contribution < 1.29 is 41.5 Å². The summed E-state index contributed by atoms with van der Waals surface area (Å²) in [6.07, 6.45) is 28.2. The van der Waals surface area contributed by atoms with E-state index < -0.39 is 11.9 Å². The maximum atomic E-state index is 10.1. The van der Waals surface area contributed by atoms with Gasteiger partial charge in [-0.15, -0.1) is 0 Å². The summed E-state index contributed by atoms with van der Waals surface area (Å²) in [6, 6.07) is 0. The Balaban J connectivity index is -0.000000231. The van der Waals surface area contributed by atoms with E-state index in [1.807, 2.05) is 0 Å². The summed E-state index contributed by atoms with van der Waals surface area (Å²) in [4.78, 5) is 20.2. The predicted octanol–water partition coefficient (Wildman–Crippen LogP) is 8.44. The topological polar surface area (TPSA) is 80.3 Å². The molecule has 0 atom stereocenters. The molecular weight excluding hydrogens is 615 g/mol. The first-order chi connectivity index (χ1) is 18.0. The SMILES string of the molecule is CCCCCCCCCCCC(=O)[O-].CCCCCCCCCCCC(=O)[O-].CCC[CH2][Sn+2][CH2]CCC.[Ti+4]. The average molecular weight is 679 g/mol. The van der Waals surface area contributed by atoms with Crippen molar-refractivity contribution in [2.45, 2.75) is 191 Å². The molecule has 0 aromatic rings. The number of carbonyl (C=O) groups excluding carboxylic acids is 2. The molecule has 0 unspecified atom stereocenters. The maximum absolute atomic E-state index is 10.1. The van der Waals surface area contributed by atoms with Crippen LogP contribution in [0.15, 0.2) is 0 Å². The van der Waals surface area contributed by atoms with Crippen LogP contribution in [0.4, 0.5) is 0 Å². The largest absolute Gasteiger partial charge is 4.00 e. The number of carboxylic acids is 2. The molecule has 0 aliphatic carbocycles. The Morgan fingerprint density at radius 2 is 0.658 bits per heavy atom. The molecular formula is C32H64O4SnTi+4. The fraction of sp³-hybridized carbons (Fsp3) is 0.938. The van der Waals surface area contributed by atoms with Crippen molar-refractivity contribution in [3.63, 3.8) is 0 Å². The van der Waals surface area contributed by atoms with Crippen LogP contribution in [0.1, 0.15) is 182 Å². The van der Waals surface area contributed by atoms with E-state index in [0.29, 0.717) is 0 Å². The normalized spacial score (nSPS) is 9.79. The second-order valence-corrected chi connectivity index (χ2v) is 14.6. The molecule has 0 aliphatic heterocycles. The van der Waals surface area contributed by atoms with Crippen molar-refractivity contribution in [3.05, 3.63) is 0 Å². The summed E-state index contributed by atoms with van der Waals surface area (Å²) in [6.45, 7) is 9.03. The van der Waals surface area contributed by atoms with Gasteiger partial charge in [-0.05, 0) is 25.7 Å². The summed E-state index contributed by atoms with van der Waals surface area (Å²) >= 11 is 0.149. The zero-order valence-corrected chi connectivity index (χ0v) is 30.4. The predicted molar refractivity (Wildman–Crippen MR) is 159 cm³/mol. The zero-order chi connectivity index (χ0) is 28.2. The third kappa shape index (κ3) is 56.6. The molecule has 0 saturated carbocycles. The molecule has 0 aromatic carbocycles. The van der Waals surface area contributed by atoms with Crippen LogP contribution in [0.5, 0.6) is 0 Å². The minimum Gasteiger partial charge on any atom is 4.00 e. The number of rotatable bonds is 26. The first-order valence-corrected chi connectivity index (χ1v) is 20.1. The van der Waals surface area contributed by atoms with Gasteiger partial charge in [0.15, 0.2) is 0 Å². The minimum absolute atomic E-state index is 0. The van der Waals surface area contributed by atoms with Gasteiger partial charge in [0.05, 0.1) is 0 Å². The van der Waals surface area contributed by atoms with E-state index in [1.54, 1.807) is 8.87 Å². The molecule has 220 valence electrons. The van der Waals surface area contributed by atoms with E-state index in [1.165, 1.54) is 116 Å². The van der Waals surface area contributed by atoms with Crippen molar-refractivity contribution in [3.8, 4) is 0 Å². The van der Waals surface area contributed by atoms with Gasteiger partial charge >= 0.3 is 91.3 Å². The fourth-order valence-electron chi connectivity index (χ4n) is 3.89. The number of carboxylic acid groups (broad SMARTS) is 2. The Hall–Kier alpha value is 0.453. The van der Waals surface area contributed by atoms with E-state index in [0.717, 1.165) is 25.7 Å². The molecule has 0 fully saturated rings. The summed E-state index contributed by atoms with van der Waals surface area (Å²) in [5.41, 5.74) is 0. The second-order valence-electron chi connectivity index (χ2n) is 10.4.